The van der Waals surface area contributed by atoms with E-state index in [9.17, 15) is 19.5 Å². The zero-order valence-corrected chi connectivity index (χ0v) is 12.8. The van der Waals surface area contributed by atoms with Crippen LogP contribution in [0.4, 0.5) is 0 Å². The Kier molecular flexibility index (Phi) is 4.54. The summed E-state index contributed by atoms with van der Waals surface area (Å²) >= 11 is 0. The smallest absolute Gasteiger partial charge is 0.311 e. The number of carboxylic acid groups (broad SMARTS) is 1. The Balaban J connectivity index is 2.02. The Bertz CT molecular complexity index is 451. The summed E-state index contributed by atoms with van der Waals surface area (Å²) in [5.41, 5.74) is -0.794. The minimum absolute atomic E-state index is 0.0214. The van der Waals surface area contributed by atoms with Gasteiger partial charge in [0.15, 0.2) is 0 Å². The van der Waals surface area contributed by atoms with Crippen molar-refractivity contribution in [3.05, 3.63) is 0 Å². The fourth-order valence-corrected chi connectivity index (χ4v) is 3.53. The van der Waals surface area contributed by atoms with E-state index in [-0.39, 0.29) is 30.7 Å². The van der Waals surface area contributed by atoms with E-state index >= 15 is 0 Å². The van der Waals surface area contributed by atoms with Crippen molar-refractivity contribution in [3.8, 4) is 0 Å². The summed E-state index contributed by atoms with van der Waals surface area (Å²) in [6.45, 7) is 5.73. The summed E-state index contributed by atoms with van der Waals surface area (Å²) in [4.78, 5) is 39.2. The molecule has 0 aromatic rings. The lowest BCUT2D eigenvalue weighted by Gasteiger charge is -2.25. The first-order valence-electron chi connectivity index (χ1n) is 7.73. The molecule has 6 nitrogen and oxygen atoms in total. The minimum Gasteiger partial charge on any atom is -0.481 e. The standard InChI is InChI=1S/C15H24N2O4/c1-3-5-15(14(20)21)6-7-17(10-15)13(19)11-8-12(18)16(4-2)9-11/h11H,3-10H2,1-2H3,(H,20,21). The second-order valence-corrected chi connectivity index (χ2v) is 6.18. The number of hydrogen-bond donors (Lipinski definition) is 1. The number of nitrogens with zero attached hydrogens (tertiary/aromatic N) is 2. The van der Waals surface area contributed by atoms with Crippen molar-refractivity contribution >= 4 is 17.8 Å². The average molecular weight is 296 g/mol. The van der Waals surface area contributed by atoms with Crippen LogP contribution >= 0.6 is 0 Å². The molecule has 2 heterocycles. The molecule has 0 aromatic heterocycles. The van der Waals surface area contributed by atoms with Gasteiger partial charge in [-0.3, -0.25) is 14.4 Å². The lowest BCUT2D eigenvalue weighted by Crippen LogP contribution is -2.40. The number of carbonyl (C=O) groups is 3. The first-order valence-corrected chi connectivity index (χ1v) is 7.73. The largest absolute Gasteiger partial charge is 0.481 e. The number of hydrogen-bond acceptors (Lipinski definition) is 3. The van der Waals surface area contributed by atoms with E-state index in [0.717, 1.165) is 6.42 Å². The van der Waals surface area contributed by atoms with Gasteiger partial charge in [0.05, 0.1) is 11.3 Å². The van der Waals surface area contributed by atoms with E-state index in [2.05, 4.69) is 0 Å². The summed E-state index contributed by atoms with van der Waals surface area (Å²) < 4.78 is 0. The predicted molar refractivity (Wildman–Crippen MR) is 76.5 cm³/mol. The maximum absolute atomic E-state index is 12.5. The highest BCUT2D eigenvalue weighted by Gasteiger charge is 2.47. The first-order chi connectivity index (χ1) is 9.93. The van der Waals surface area contributed by atoms with Crippen LogP contribution in [0.3, 0.4) is 0 Å². The van der Waals surface area contributed by atoms with Gasteiger partial charge in [0.2, 0.25) is 11.8 Å². The molecule has 2 rings (SSSR count). The van der Waals surface area contributed by atoms with E-state index in [1.807, 2.05) is 13.8 Å². The van der Waals surface area contributed by atoms with E-state index in [1.165, 1.54) is 0 Å². The maximum Gasteiger partial charge on any atom is 0.311 e. The lowest BCUT2D eigenvalue weighted by molar-refractivity contribution is -0.149. The van der Waals surface area contributed by atoms with Crippen molar-refractivity contribution in [1.29, 1.82) is 0 Å². The van der Waals surface area contributed by atoms with Crippen molar-refractivity contribution in [1.82, 2.24) is 9.80 Å². The molecule has 118 valence electrons. The van der Waals surface area contributed by atoms with Gasteiger partial charge in [0, 0.05) is 32.6 Å². The zero-order valence-electron chi connectivity index (χ0n) is 12.8. The van der Waals surface area contributed by atoms with Crippen LogP contribution in [0.5, 0.6) is 0 Å². The van der Waals surface area contributed by atoms with Crippen LogP contribution in [0.15, 0.2) is 0 Å². The van der Waals surface area contributed by atoms with Crippen LogP contribution in [0.25, 0.3) is 0 Å². The number of amides is 2. The van der Waals surface area contributed by atoms with Crippen molar-refractivity contribution in [2.24, 2.45) is 11.3 Å². The number of likely N-dealkylation sites (tertiary alicyclic amines) is 2. The van der Waals surface area contributed by atoms with Crippen molar-refractivity contribution in [3.63, 3.8) is 0 Å². The average Bonchev–Trinajstić information content (AvgIpc) is 3.03. The van der Waals surface area contributed by atoms with Gasteiger partial charge in [0.25, 0.3) is 0 Å². The highest BCUT2D eigenvalue weighted by Crippen LogP contribution is 2.36. The number of carbonyl (C=O) groups excluding carboxylic acids is 2. The van der Waals surface area contributed by atoms with Crippen LogP contribution in [-0.2, 0) is 14.4 Å². The Morgan fingerprint density at radius 2 is 2.10 bits per heavy atom. The van der Waals surface area contributed by atoms with Crippen LogP contribution in [0.2, 0.25) is 0 Å². The zero-order chi connectivity index (χ0) is 15.6. The fraction of sp³-hybridized carbons (Fsp3) is 0.800. The summed E-state index contributed by atoms with van der Waals surface area (Å²) in [6, 6.07) is 0. The van der Waals surface area contributed by atoms with Gasteiger partial charge in [-0.15, -0.1) is 0 Å². The summed E-state index contributed by atoms with van der Waals surface area (Å²) in [5.74, 6) is -1.15. The SMILES string of the molecule is CCCC1(C(=O)O)CCN(C(=O)C2CC(=O)N(CC)C2)C1. The molecule has 2 unspecified atom stereocenters. The second-order valence-electron chi connectivity index (χ2n) is 6.18. The maximum atomic E-state index is 12.5. The third kappa shape index (κ3) is 2.89. The van der Waals surface area contributed by atoms with Crippen LogP contribution < -0.4 is 0 Å². The molecule has 0 spiro atoms. The van der Waals surface area contributed by atoms with Crippen LogP contribution in [0.1, 0.15) is 39.5 Å². The van der Waals surface area contributed by atoms with Gasteiger partial charge in [-0.1, -0.05) is 13.3 Å². The van der Waals surface area contributed by atoms with E-state index in [4.69, 9.17) is 0 Å². The molecule has 0 aliphatic carbocycles. The molecular weight excluding hydrogens is 272 g/mol. The number of rotatable bonds is 5. The monoisotopic (exact) mass is 296 g/mol. The Labute approximate surface area is 125 Å². The highest BCUT2D eigenvalue weighted by molar-refractivity contribution is 5.90. The molecule has 21 heavy (non-hydrogen) atoms. The van der Waals surface area contributed by atoms with Gasteiger partial charge in [-0.05, 0) is 19.8 Å². The lowest BCUT2D eigenvalue weighted by atomic mass is 9.83. The summed E-state index contributed by atoms with van der Waals surface area (Å²) in [6.07, 6.45) is 2.16. The van der Waals surface area contributed by atoms with Crippen molar-refractivity contribution in [2.75, 3.05) is 26.2 Å². The molecule has 0 saturated carbocycles. The molecule has 0 aromatic carbocycles. The fourth-order valence-electron chi connectivity index (χ4n) is 3.53. The molecule has 0 bridgehead atoms. The minimum atomic E-state index is -0.808. The predicted octanol–water partition coefficient (Wildman–Crippen LogP) is 0.958. The molecule has 2 aliphatic rings. The quantitative estimate of drug-likeness (QED) is 0.819. The number of carboxylic acids is 1. The van der Waals surface area contributed by atoms with Gasteiger partial charge < -0.3 is 14.9 Å². The van der Waals surface area contributed by atoms with E-state index < -0.39 is 11.4 Å². The molecule has 2 amide bonds. The van der Waals surface area contributed by atoms with E-state index in [1.54, 1.807) is 9.80 Å². The second kappa shape index (κ2) is 6.03. The molecule has 2 aliphatic heterocycles. The highest BCUT2D eigenvalue weighted by atomic mass is 16.4. The van der Waals surface area contributed by atoms with Gasteiger partial charge in [-0.2, -0.15) is 0 Å². The molecule has 1 N–H and O–H groups in total. The Morgan fingerprint density at radius 1 is 1.38 bits per heavy atom. The number of aliphatic carboxylic acids is 1. The summed E-state index contributed by atoms with van der Waals surface area (Å²) in [7, 11) is 0. The topological polar surface area (TPSA) is 77.9 Å². The van der Waals surface area contributed by atoms with Crippen molar-refractivity contribution < 1.29 is 19.5 Å². The van der Waals surface area contributed by atoms with Crippen molar-refractivity contribution in [2.45, 2.75) is 39.5 Å². The molecular formula is C15H24N2O4. The van der Waals surface area contributed by atoms with E-state index in [0.29, 0.717) is 32.5 Å². The molecule has 2 atom stereocenters. The third-order valence-corrected chi connectivity index (χ3v) is 4.79. The summed E-state index contributed by atoms with van der Waals surface area (Å²) in [5, 5.41) is 9.48. The molecule has 2 fully saturated rings. The van der Waals surface area contributed by atoms with Crippen LogP contribution in [-0.4, -0.2) is 58.9 Å². The first kappa shape index (κ1) is 15.8. The molecule has 0 radical (unpaired) electrons. The Morgan fingerprint density at radius 3 is 2.62 bits per heavy atom. The van der Waals surface area contributed by atoms with Gasteiger partial charge in [0.1, 0.15) is 0 Å². The Hall–Kier alpha value is -1.59. The molecule has 6 heteroatoms. The van der Waals surface area contributed by atoms with Gasteiger partial charge >= 0.3 is 5.97 Å². The third-order valence-electron chi connectivity index (χ3n) is 4.79. The van der Waals surface area contributed by atoms with Gasteiger partial charge in [-0.25, -0.2) is 0 Å². The normalized spacial score (nSPS) is 29.2. The van der Waals surface area contributed by atoms with Crippen LogP contribution in [0, 0.1) is 11.3 Å². The molecule has 2 saturated heterocycles.